The first kappa shape index (κ1) is 12.8. The maximum atomic E-state index is 12.9. The van der Waals surface area contributed by atoms with E-state index in [0.29, 0.717) is 13.0 Å². The summed E-state index contributed by atoms with van der Waals surface area (Å²) in [5, 5.41) is 0. The monoisotopic (exact) mass is 223 g/mol. The van der Waals surface area contributed by atoms with Crippen molar-refractivity contribution in [3.05, 3.63) is 35.1 Å². The Hall–Kier alpha value is -1.22. The average Bonchev–Trinajstić information content (AvgIpc) is 2.24. The van der Waals surface area contributed by atoms with E-state index in [4.69, 9.17) is 5.73 Å². The first-order valence-corrected chi connectivity index (χ1v) is 5.56. The first-order chi connectivity index (χ1) is 7.58. The molecule has 0 saturated heterocycles. The maximum absolute atomic E-state index is 12.9. The standard InChI is InChI=1S/C13H18FNO/c1-3-10(8-15)13(16)7-11-4-5-12(14)6-9(11)2/h4-6,10H,3,7-8,15H2,1-2H3. The van der Waals surface area contributed by atoms with Crippen molar-refractivity contribution in [1.82, 2.24) is 0 Å². The number of rotatable bonds is 5. The summed E-state index contributed by atoms with van der Waals surface area (Å²) in [5.41, 5.74) is 7.23. The number of benzene rings is 1. The normalized spacial score (nSPS) is 12.5. The molecule has 0 radical (unpaired) electrons. The Morgan fingerprint density at radius 2 is 2.19 bits per heavy atom. The number of hydrogen-bond donors (Lipinski definition) is 1. The second kappa shape index (κ2) is 5.75. The van der Waals surface area contributed by atoms with E-state index in [1.54, 1.807) is 6.07 Å². The number of hydrogen-bond acceptors (Lipinski definition) is 2. The number of halogens is 1. The van der Waals surface area contributed by atoms with Crippen LogP contribution in [0.2, 0.25) is 0 Å². The fourth-order valence-electron chi connectivity index (χ4n) is 1.72. The van der Waals surface area contributed by atoms with E-state index in [0.717, 1.165) is 17.5 Å². The van der Waals surface area contributed by atoms with Crippen LogP contribution in [0.5, 0.6) is 0 Å². The third-order valence-corrected chi connectivity index (χ3v) is 2.90. The van der Waals surface area contributed by atoms with E-state index in [1.165, 1.54) is 12.1 Å². The molecule has 3 heteroatoms. The van der Waals surface area contributed by atoms with Crippen LogP contribution >= 0.6 is 0 Å². The van der Waals surface area contributed by atoms with Gasteiger partial charge in [0.05, 0.1) is 0 Å². The number of carbonyl (C=O) groups is 1. The Bertz CT molecular complexity index is 372. The fraction of sp³-hybridized carbons (Fsp3) is 0.462. The molecule has 0 spiro atoms. The number of nitrogens with two attached hydrogens (primary N) is 1. The topological polar surface area (TPSA) is 43.1 Å². The zero-order valence-electron chi connectivity index (χ0n) is 9.79. The summed E-state index contributed by atoms with van der Waals surface area (Å²) in [5.74, 6) is -0.205. The van der Waals surface area contributed by atoms with Crippen molar-refractivity contribution in [3.8, 4) is 0 Å². The van der Waals surface area contributed by atoms with Crippen molar-refractivity contribution in [1.29, 1.82) is 0 Å². The molecular formula is C13H18FNO. The largest absolute Gasteiger partial charge is 0.330 e. The van der Waals surface area contributed by atoms with Gasteiger partial charge < -0.3 is 5.73 Å². The molecule has 16 heavy (non-hydrogen) atoms. The van der Waals surface area contributed by atoms with Gasteiger partial charge in [0.1, 0.15) is 11.6 Å². The number of ketones is 1. The van der Waals surface area contributed by atoms with Crippen molar-refractivity contribution in [2.24, 2.45) is 11.7 Å². The molecule has 1 aromatic carbocycles. The van der Waals surface area contributed by atoms with Gasteiger partial charge in [0, 0.05) is 18.9 Å². The lowest BCUT2D eigenvalue weighted by Gasteiger charge is -2.12. The first-order valence-electron chi connectivity index (χ1n) is 5.56. The van der Waals surface area contributed by atoms with E-state index < -0.39 is 0 Å². The lowest BCUT2D eigenvalue weighted by atomic mass is 9.94. The Morgan fingerprint density at radius 3 is 2.69 bits per heavy atom. The van der Waals surface area contributed by atoms with Crippen LogP contribution in [-0.2, 0) is 11.2 Å². The second-order valence-electron chi connectivity index (χ2n) is 4.05. The summed E-state index contributed by atoms with van der Waals surface area (Å²) >= 11 is 0. The highest BCUT2D eigenvalue weighted by Crippen LogP contribution is 2.14. The van der Waals surface area contributed by atoms with E-state index in [1.807, 2.05) is 13.8 Å². The van der Waals surface area contributed by atoms with E-state index in [2.05, 4.69) is 0 Å². The van der Waals surface area contributed by atoms with Crippen LogP contribution in [0.15, 0.2) is 18.2 Å². The maximum Gasteiger partial charge on any atom is 0.141 e. The number of aryl methyl sites for hydroxylation is 1. The molecule has 0 aliphatic heterocycles. The van der Waals surface area contributed by atoms with Gasteiger partial charge in [-0.25, -0.2) is 4.39 Å². The van der Waals surface area contributed by atoms with Crippen LogP contribution in [0.1, 0.15) is 24.5 Å². The average molecular weight is 223 g/mol. The molecule has 2 N–H and O–H groups in total. The number of carbonyl (C=O) groups excluding carboxylic acids is 1. The lowest BCUT2D eigenvalue weighted by molar-refractivity contribution is -0.122. The van der Waals surface area contributed by atoms with Gasteiger partial charge in [0.25, 0.3) is 0 Å². The molecule has 0 saturated carbocycles. The van der Waals surface area contributed by atoms with Crippen molar-refractivity contribution in [3.63, 3.8) is 0 Å². The molecule has 2 nitrogen and oxygen atoms in total. The van der Waals surface area contributed by atoms with Crippen molar-refractivity contribution < 1.29 is 9.18 Å². The van der Waals surface area contributed by atoms with Crippen molar-refractivity contribution in [2.45, 2.75) is 26.7 Å². The molecule has 0 aromatic heterocycles. The molecule has 0 fully saturated rings. The zero-order chi connectivity index (χ0) is 12.1. The lowest BCUT2D eigenvalue weighted by Crippen LogP contribution is -2.24. The van der Waals surface area contributed by atoms with Gasteiger partial charge in [-0.15, -0.1) is 0 Å². The minimum absolute atomic E-state index is 0.0792. The van der Waals surface area contributed by atoms with Gasteiger partial charge in [0.15, 0.2) is 0 Å². The highest BCUT2D eigenvalue weighted by molar-refractivity contribution is 5.83. The van der Waals surface area contributed by atoms with Crippen LogP contribution in [0.3, 0.4) is 0 Å². The van der Waals surface area contributed by atoms with Gasteiger partial charge in [-0.2, -0.15) is 0 Å². The molecule has 1 aromatic rings. The van der Waals surface area contributed by atoms with Gasteiger partial charge in [-0.3, -0.25) is 4.79 Å². The predicted octanol–water partition coefficient (Wildman–Crippen LogP) is 2.23. The van der Waals surface area contributed by atoms with Crippen LogP contribution in [0.4, 0.5) is 4.39 Å². The van der Waals surface area contributed by atoms with Gasteiger partial charge >= 0.3 is 0 Å². The number of Topliss-reactive ketones (excluding diaryl/α,β-unsaturated/α-hetero) is 1. The Balaban J connectivity index is 2.76. The van der Waals surface area contributed by atoms with Gasteiger partial charge in [-0.05, 0) is 36.6 Å². The summed E-state index contributed by atoms with van der Waals surface area (Å²) in [6.45, 7) is 4.15. The Labute approximate surface area is 95.7 Å². The van der Waals surface area contributed by atoms with Crippen LogP contribution < -0.4 is 5.73 Å². The van der Waals surface area contributed by atoms with E-state index in [-0.39, 0.29) is 17.5 Å². The fourth-order valence-corrected chi connectivity index (χ4v) is 1.72. The molecule has 0 aliphatic carbocycles. The summed E-state index contributed by atoms with van der Waals surface area (Å²) in [6, 6.07) is 4.51. The summed E-state index contributed by atoms with van der Waals surface area (Å²) < 4.78 is 12.9. The van der Waals surface area contributed by atoms with E-state index >= 15 is 0 Å². The van der Waals surface area contributed by atoms with Crippen LogP contribution in [0, 0.1) is 18.7 Å². The quantitative estimate of drug-likeness (QED) is 0.831. The van der Waals surface area contributed by atoms with Crippen LogP contribution in [0.25, 0.3) is 0 Å². The highest BCUT2D eigenvalue weighted by atomic mass is 19.1. The molecule has 0 heterocycles. The Morgan fingerprint density at radius 1 is 1.50 bits per heavy atom. The van der Waals surface area contributed by atoms with Gasteiger partial charge in [0.2, 0.25) is 0 Å². The molecule has 1 atom stereocenters. The SMILES string of the molecule is CCC(CN)C(=O)Cc1ccc(F)cc1C. The third-order valence-electron chi connectivity index (χ3n) is 2.90. The molecule has 1 rings (SSSR count). The zero-order valence-corrected chi connectivity index (χ0v) is 9.79. The second-order valence-corrected chi connectivity index (χ2v) is 4.05. The predicted molar refractivity (Wildman–Crippen MR) is 62.7 cm³/mol. The van der Waals surface area contributed by atoms with Crippen molar-refractivity contribution >= 4 is 5.78 Å². The molecule has 0 bridgehead atoms. The van der Waals surface area contributed by atoms with Crippen LogP contribution in [-0.4, -0.2) is 12.3 Å². The molecule has 1 unspecified atom stereocenters. The van der Waals surface area contributed by atoms with Crippen molar-refractivity contribution in [2.75, 3.05) is 6.54 Å². The molecule has 0 aliphatic rings. The highest BCUT2D eigenvalue weighted by Gasteiger charge is 2.15. The van der Waals surface area contributed by atoms with E-state index in [9.17, 15) is 9.18 Å². The minimum atomic E-state index is -0.264. The van der Waals surface area contributed by atoms with Gasteiger partial charge in [-0.1, -0.05) is 13.0 Å². The third kappa shape index (κ3) is 3.14. The molecular weight excluding hydrogens is 205 g/mol. The summed E-state index contributed by atoms with van der Waals surface area (Å²) in [7, 11) is 0. The molecule has 0 amide bonds. The summed E-state index contributed by atoms with van der Waals surface area (Å²) in [6.07, 6.45) is 1.11. The molecule has 88 valence electrons. The summed E-state index contributed by atoms with van der Waals surface area (Å²) in [4.78, 5) is 11.8. The minimum Gasteiger partial charge on any atom is -0.330 e. The Kier molecular flexibility index (Phi) is 4.62. The smallest absolute Gasteiger partial charge is 0.141 e.